The highest BCUT2D eigenvalue weighted by atomic mass is 19.4. The van der Waals surface area contributed by atoms with Crippen LogP contribution in [-0.4, -0.2) is 12.6 Å². The minimum absolute atomic E-state index is 1.07. The number of halogens is 6. The molecule has 0 amide bonds. The van der Waals surface area contributed by atoms with Crippen molar-refractivity contribution in [3.8, 4) is 0 Å². The van der Waals surface area contributed by atoms with Gasteiger partial charge in [0, 0.05) is 0 Å². The molecule has 0 aliphatic carbocycles. The molecular weight excluding hydrogens is 162 g/mol. The van der Waals surface area contributed by atoms with Gasteiger partial charge in [0.25, 0.3) is 6.43 Å². The number of allylic oxidation sites excluding steroid dienone is 2. The van der Waals surface area contributed by atoms with Crippen LogP contribution in [-0.2, 0) is 0 Å². The summed E-state index contributed by atoms with van der Waals surface area (Å²) in [5.41, 5.74) is 0. The quantitative estimate of drug-likeness (QED) is 0.522. The third kappa shape index (κ3) is 4.22. The van der Waals surface area contributed by atoms with E-state index in [0.29, 0.717) is 0 Å². The molecule has 10 heavy (non-hydrogen) atoms. The van der Waals surface area contributed by atoms with Crippen molar-refractivity contribution in [1.82, 2.24) is 0 Å². The third-order valence-electron chi connectivity index (χ3n) is 0.510. The zero-order valence-corrected chi connectivity index (χ0v) is 4.42. The largest absolute Gasteiger partial charge is 0.412 e. The molecule has 60 valence electrons. The van der Waals surface area contributed by atoms with Crippen molar-refractivity contribution < 1.29 is 26.3 Å². The molecule has 0 saturated carbocycles. The highest BCUT2D eigenvalue weighted by molar-refractivity contribution is 4.98. The van der Waals surface area contributed by atoms with E-state index in [9.17, 15) is 26.3 Å². The first-order valence-electron chi connectivity index (χ1n) is 2.06. The van der Waals surface area contributed by atoms with Crippen molar-refractivity contribution in [2.24, 2.45) is 0 Å². The molecule has 0 aromatic carbocycles. The lowest BCUT2D eigenvalue weighted by atomic mass is 10.5. The molecule has 0 heterocycles. The lowest BCUT2D eigenvalue weighted by molar-refractivity contribution is -0.0829. The zero-order valence-electron chi connectivity index (χ0n) is 4.42. The minimum atomic E-state index is -5.01. The summed E-state index contributed by atoms with van der Waals surface area (Å²) in [5, 5.41) is 0. The first-order valence-corrected chi connectivity index (χ1v) is 2.06. The average molecular weight is 164 g/mol. The Labute approximate surface area is 52.1 Å². The molecule has 0 unspecified atom stereocenters. The molecule has 0 spiro atoms. The lowest BCUT2D eigenvalue weighted by Gasteiger charge is -1.98. The summed E-state index contributed by atoms with van der Waals surface area (Å²) in [5.74, 6) is -2.47. The molecule has 0 N–H and O–H groups in total. The van der Waals surface area contributed by atoms with Crippen LogP contribution in [0.4, 0.5) is 26.3 Å². The van der Waals surface area contributed by atoms with Crippen molar-refractivity contribution in [2.45, 2.75) is 12.6 Å². The molecule has 0 saturated heterocycles. The predicted molar refractivity (Wildman–Crippen MR) is 21.2 cm³/mol. The van der Waals surface area contributed by atoms with E-state index in [0.717, 1.165) is 0 Å². The monoisotopic (exact) mass is 164 g/mol. The Morgan fingerprint density at radius 3 is 1.70 bits per heavy atom. The second-order valence-electron chi connectivity index (χ2n) is 1.37. The molecule has 6 heteroatoms. The Morgan fingerprint density at radius 1 is 1.20 bits per heavy atom. The Bertz CT molecular complexity index is 131. The Morgan fingerprint density at radius 2 is 1.60 bits per heavy atom. The minimum Gasteiger partial charge on any atom is -0.205 e. The number of hydrogen-bond donors (Lipinski definition) is 0. The fourth-order valence-corrected chi connectivity index (χ4v) is 0.219. The molecule has 0 radical (unpaired) electrons. The molecular formula is C4H2F6. The molecule has 0 fully saturated rings. The summed E-state index contributed by atoms with van der Waals surface area (Å²) in [7, 11) is 0. The van der Waals surface area contributed by atoms with Crippen LogP contribution in [0.2, 0.25) is 0 Å². The second-order valence-corrected chi connectivity index (χ2v) is 1.37. The summed E-state index contributed by atoms with van der Waals surface area (Å²) in [6.07, 6.45) is -9.78. The number of alkyl halides is 5. The van der Waals surface area contributed by atoms with Crippen molar-refractivity contribution in [1.29, 1.82) is 0 Å². The van der Waals surface area contributed by atoms with E-state index in [1.165, 1.54) is 0 Å². The molecule has 0 bridgehead atoms. The Hall–Kier alpha value is -0.680. The van der Waals surface area contributed by atoms with Gasteiger partial charge in [-0.25, -0.2) is 13.2 Å². The van der Waals surface area contributed by atoms with Crippen LogP contribution in [0.3, 0.4) is 0 Å². The maximum Gasteiger partial charge on any atom is 0.412 e. The van der Waals surface area contributed by atoms with Crippen LogP contribution in [0.1, 0.15) is 0 Å². The zero-order chi connectivity index (χ0) is 8.36. The fraction of sp³-hybridized carbons (Fsp3) is 0.500. The summed E-state index contributed by atoms with van der Waals surface area (Å²) in [6, 6.07) is 0. The molecule has 0 aromatic heterocycles. The standard InChI is InChI=1S/C4H2F6/c5-2(3(6)7)1-4(8,9)10/h1,3H. The van der Waals surface area contributed by atoms with Gasteiger partial charge in [-0.15, -0.1) is 0 Å². The van der Waals surface area contributed by atoms with Crippen LogP contribution in [0, 0.1) is 0 Å². The molecule has 0 rings (SSSR count). The molecule has 0 aliphatic heterocycles. The smallest absolute Gasteiger partial charge is 0.205 e. The van der Waals surface area contributed by atoms with Crippen molar-refractivity contribution in [2.75, 3.05) is 0 Å². The van der Waals surface area contributed by atoms with Gasteiger partial charge in [-0.2, -0.15) is 13.2 Å². The Balaban J connectivity index is 4.17. The summed E-state index contributed by atoms with van der Waals surface area (Å²) in [4.78, 5) is 0. The van der Waals surface area contributed by atoms with Crippen LogP contribution in [0.15, 0.2) is 11.9 Å². The van der Waals surface area contributed by atoms with E-state index in [4.69, 9.17) is 0 Å². The van der Waals surface area contributed by atoms with Crippen molar-refractivity contribution in [3.05, 3.63) is 11.9 Å². The van der Waals surface area contributed by atoms with Gasteiger partial charge < -0.3 is 0 Å². The highest BCUT2D eigenvalue weighted by Crippen LogP contribution is 2.21. The molecule has 0 aromatic rings. The van der Waals surface area contributed by atoms with Crippen molar-refractivity contribution in [3.63, 3.8) is 0 Å². The second kappa shape index (κ2) is 2.94. The topological polar surface area (TPSA) is 0 Å². The van der Waals surface area contributed by atoms with E-state index in [2.05, 4.69) is 0 Å². The van der Waals surface area contributed by atoms with Gasteiger partial charge in [0.2, 0.25) is 0 Å². The van der Waals surface area contributed by atoms with Gasteiger partial charge in [-0.05, 0) is 0 Å². The maximum absolute atomic E-state index is 11.4. The number of rotatable bonds is 1. The summed E-state index contributed by atoms with van der Waals surface area (Å²) < 4.78 is 66.5. The van der Waals surface area contributed by atoms with E-state index in [1.54, 1.807) is 0 Å². The van der Waals surface area contributed by atoms with Crippen LogP contribution in [0.25, 0.3) is 0 Å². The first kappa shape index (κ1) is 9.32. The van der Waals surface area contributed by atoms with Gasteiger partial charge >= 0.3 is 6.18 Å². The molecule has 0 atom stereocenters. The van der Waals surface area contributed by atoms with Gasteiger partial charge in [0.15, 0.2) is 5.83 Å². The van der Waals surface area contributed by atoms with Crippen LogP contribution in [0.5, 0.6) is 0 Å². The summed E-state index contributed by atoms with van der Waals surface area (Å²) in [6.45, 7) is 0. The maximum atomic E-state index is 11.4. The van der Waals surface area contributed by atoms with Crippen LogP contribution < -0.4 is 0 Å². The third-order valence-corrected chi connectivity index (χ3v) is 0.510. The van der Waals surface area contributed by atoms with E-state index < -0.39 is 24.5 Å². The van der Waals surface area contributed by atoms with Crippen molar-refractivity contribution >= 4 is 0 Å². The van der Waals surface area contributed by atoms with Gasteiger partial charge in [-0.3, -0.25) is 0 Å². The summed E-state index contributed by atoms with van der Waals surface area (Å²) >= 11 is 0. The van der Waals surface area contributed by atoms with E-state index in [1.807, 2.05) is 0 Å². The first-order chi connectivity index (χ1) is 4.33. The fourth-order valence-electron chi connectivity index (χ4n) is 0.219. The van der Waals surface area contributed by atoms with Gasteiger partial charge in [0.1, 0.15) is 0 Å². The van der Waals surface area contributed by atoms with Gasteiger partial charge in [-0.1, -0.05) is 0 Å². The van der Waals surface area contributed by atoms with Crippen LogP contribution >= 0.6 is 0 Å². The van der Waals surface area contributed by atoms with E-state index in [-0.39, 0.29) is 0 Å². The van der Waals surface area contributed by atoms with E-state index >= 15 is 0 Å². The van der Waals surface area contributed by atoms with Gasteiger partial charge in [0.05, 0.1) is 6.08 Å². The SMILES string of the molecule is FC(=CC(F)(F)F)C(F)F. The lowest BCUT2D eigenvalue weighted by Crippen LogP contribution is -2.05. The average Bonchev–Trinajstić information content (AvgIpc) is 1.60. The normalized spacial score (nSPS) is 14.5. The molecule has 0 nitrogen and oxygen atoms in total. The Kier molecular flexibility index (Phi) is 2.74. The predicted octanol–water partition coefficient (Wildman–Crippen LogP) is 2.67. The molecule has 0 aliphatic rings. The highest BCUT2D eigenvalue weighted by Gasteiger charge is 2.27. The number of hydrogen-bond acceptors (Lipinski definition) is 0.